The van der Waals surface area contributed by atoms with Crippen LogP contribution in [0.2, 0.25) is 0 Å². The first-order valence-corrected chi connectivity index (χ1v) is 3.42. The monoisotopic (exact) mass is 145 g/mol. The first kappa shape index (κ1) is 6.22. The van der Waals surface area contributed by atoms with E-state index in [0.29, 0.717) is 6.54 Å². The van der Waals surface area contributed by atoms with E-state index in [4.69, 9.17) is 5.53 Å². The molecule has 0 aromatic heterocycles. The van der Waals surface area contributed by atoms with Gasteiger partial charge in [0.2, 0.25) is 0 Å². The van der Waals surface area contributed by atoms with Crippen molar-refractivity contribution in [1.29, 1.82) is 5.53 Å². The zero-order valence-electron chi connectivity index (χ0n) is 5.91. The Morgan fingerprint density at radius 3 is 3.00 bits per heavy atom. The van der Waals surface area contributed by atoms with E-state index < -0.39 is 0 Å². The second-order valence-corrected chi connectivity index (χ2v) is 2.39. The number of benzene rings is 1. The van der Waals surface area contributed by atoms with Crippen LogP contribution in [0.25, 0.3) is 5.70 Å². The fourth-order valence-corrected chi connectivity index (χ4v) is 1.20. The van der Waals surface area contributed by atoms with E-state index in [9.17, 15) is 0 Å². The van der Waals surface area contributed by atoms with Crippen LogP contribution in [0.4, 0.5) is 0 Å². The average molecular weight is 145 g/mol. The molecule has 2 rings (SSSR count). The van der Waals surface area contributed by atoms with E-state index in [1.807, 2.05) is 24.3 Å². The van der Waals surface area contributed by atoms with Gasteiger partial charge in [0.15, 0.2) is 0 Å². The summed E-state index contributed by atoms with van der Waals surface area (Å²) in [4.78, 5) is 4.20. The maximum Gasteiger partial charge on any atom is 0.0931 e. The van der Waals surface area contributed by atoms with E-state index in [0.717, 1.165) is 16.3 Å². The molecule has 0 bridgehead atoms. The van der Waals surface area contributed by atoms with Crippen molar-refractivity contribution in [2.75, 3.05) is 6.54 Å². The molecule has 54 valence electrons. The molecule has 1 N–H and O–H groups in total. The SMILES string of the molecule is N=NC1=c2ccccc2=NC1. The predicted molar refractivity (Wildman–Crippen MR) is 40.6 cm³/mol. The van der Waals surface area contributed by atoms with Gasteiger partial charge in [-0.05, 0) is 6.07 Å². The molecule has 0 saturated heterocycles. The fourth-order valence-electron chi connectivity index (χ4n) is 1.20. The van der Waals surface area contributed by atoms with Gasteiger partial charge in [0.1, 0.15) is 0 Å². The Kier molecular flexibility index (Phi) is 1.28. The van der Waals surface area contributed by atoms with E-state index in [1.54, 1.807) is 0 Å². The summed E-state index contributed by atoms with van der Waals surface area (Å²) in [6, 6.07) is 7.76. The normalized spacial score (nSPS) is 14.0. The number of fused-ring (bicyclic) bond motifs is 1. The Bertz CT molecular complexity index is 406. The number of para-hydroxylation sites is 1. The number of hydrogen-bond acceptors (Lipinski definition) is 3. The third kappa shape index (κ3) is 0.852. The maximum atomic E-state index is 6.86. The summed E-state index contributed by atoms with van der Waals surface area (Å²) < 4.78 is 0. The molecule has 0 radical (unpaired) electrons. The second kappa shape index (κ2) is 2.27. The molecule has 1 aliphatic rings. The molecule has 1 aromatic carbocycles. The van der Waals surface area contributed by atoms with Crippen LogP contribution in [-0.4, -0.2) is 6.54 Å². The maximum absolute atomic E-state index is 6.86. The summed E-state index contributed by atoms with van der Waals surface area (Å²) in [5, 5.41) is 5.36. The van der Waals surface area contributed by atoms with Gasteiger partial charge in [0.25, 0.3) is 0 Å². The molecule has 0 amide bonds. The van der Waals surface area contributed by atoms with Crippen LogP contribution in [-0.2, 0) is 0 Å². The van der Waals surface area contributed by atoms with E-state index >= 15 is 0 Å². The summed E-state index contributed by atoms with van der Waals surface area (Å²) in [5.41, 5.74) is 7.62. The third-order valence-electron chi connectivity index (χ3n) is 1.75. The Morgan fingerprint density at radius 1 is 1.36 bits per heavy atom. The summed E-state index contributed by atoms with van der Waals surface area (Å²) >= 11 is 0. The van der Waals surface area contributed by atoms with Crippen LogP contribution in [0.15, 0.2) is 34.4 Å². The molecule has 3 heteroatoms. The van der Waals surface area contributed by atoms with Gasteiger partial charge in [-0.15, -0.1) is 0 Å². The zero-order chi connectivity index (χ0) is 7.68. The Hall–Kier alpha value is -1.51. The highest BCUT2D eigenvalue weighted by atomic mass is 15.0. The molecule has 0 spiro atoms. The summed E-state index contributed by atoms with van der Waals surface area (Å²) in [6.07, 6.45) is 0. The standard InChI is InChI=1S/C8H7N3/c9-11-8-5-10-7-4-2-1-3-6(7)8/h1-4,9H,5H2. The highest BCUT2D eigenvalue weighted by molar-refractivity contribution is 5.46. The minimum Gasteiger partial charge on any atom is -0.278 e. The molecule has 0 unspecified atom stereocenters. The van der Waals surface area contributed by atoms with Gasteiger partial charge in [-0.1, -0.05) is 18.2 Å². The van der Waals surface area contributed by atoms with Gasteiger partial charge in [-0.25, -0.2) is 5.53 Å². The van der Waals surface area contributed by atoms with Gasteiger partial charge >= 0.3 is 0 Å². The van der Waals surface area contributed by atoms with Crippen LogP contribution in [0.1, 0.15) is 0 Å². The van der Waals surface area contributed by atoms with Crippen LogP contribution < -0.4 is 10.6 Å². The first-order valence-electron chi connectivity index (χ1n) is 3.42. The largest absolute Gasteiger partial charge is 0.278 e. The van der Waals surface area contributed by atoms with Gasteiger partial charge in [-0.3, -0.25) is 4.99 Å². The first-order chi connectivity index (χ1) is 5.42. The zero-order valence-corrected chi connectivity index (χ0v) is 5.91. The number of rotatable bonds is 1. The minimum absolute atomic E-state index is 0.558. The van der Waals surface area contributed by atoms with Crippen LogP contribution >= 0.6 is 0 Å². The summed E-state index contributed by atoms with van der Waals surface area (Å²) in [6.45, 7) is 0.558. The van der Waals surface area contributed by atoms with E-state index in [2.05, 4.69) is 10.1 Å². The molecular weight excluding hydrogens is 138 g/mol. The van der Waals surface area contributed by atoms with Crippen molar-refractivity contribution in [3.63, 3.8) is 0 Å². The number of hydrogen-bond donors (Lipinski definition) is 1. The van der Waals surface area contributed by atoms with Gasteiger partial charge in [0.05, 0.1) is 17.6 Å². The molecule has 0 aliphatic carbocycles. The lowest BCUT2D eigenvalue weighted by molar-refractivity contribution is 1.09. The summed E-state index contributed by atoms with van der Waals surface area (Å²) in [7, 11) is 0. The van der Waals surface area contributed by atoms with Crippen molar-refractivity contribution >= 4 is 5.70 Å². The molecule has 0 atom stereocenters. The van der Waals surface area contributed by atoms with Crippen molar-refractivity contribution < 1.29 is 0 Å². The van der Waals surface area contributed by atoms with Crippen molar-refractivity contribution in [3.8, 4) is 0 Å². The smallest absolute Gasteiger partial charge is 0.0931 e. The van der Waals surface area contributed by atoms with Crippen LogP contribution in [0, 0.1) is 5.53 Å². The lowest BCUT2D eigenvalue weighted by Crippen LogP contribution is -2.21. The molecule has 0 fully saturated rings. The number of nitrogens with zero attached hydrogens (tertiary/aromatic N) is 2. The molecule has 1 aliphatic heterocycles. The van der Waals surface area contributed by atoms with Crippen molar-refractivity contribution in [2.24, 2.45) is 10.1 Å². The molecule has 11 heavy (non-hydrogen) atoms. The van der Waals surface area contributed by atoms with Crippen molar-refractivity contribution in [1.82, 2.24) is 0 Å². The molecule has 1 aromatic rings. The van der Waals surface area contributed by atoms with Gasteiger partial charge in [-0.2, -0.15) is 5.11 Å². The summed E-state index contributed by atoms with van der Waals surface area (Å²) in [5.74, 6) is 0. The average Bonchev–Trinajstić information content (AvgIpc) is 2.47. The topological polar surface area (TPSA) is 48.6 Å². The highest BCUT2D eigenvalue weighted by Gasteiger charge is 2.02. The quantitative estimate of drug-likeness (QED) is 0.558. The Balaban J connectivity index is 2.89. The second-order valence-electron chi connectivity index (χ2n) is 2.39. The molecular formula is C8H7N3. The van der Waals surface area contributed by atoms with E-state index in [1.165, 1.54) is 0 Å². The van der Waals surface area contributed by atoms with Crippen molar-refractivity contribution in [3.05, 3.63) is 34.8 Å². The van der Waals surface area contributed by atoms with Crippen LogP contribution in [0.5, 0.6) is 0 Å². The van der Waals surface area contributed by atoms with Gasteiger partial charge in [0, 0.05) is 5.22 Å². The molecule has 3 nitrogen and oxygen atoms in total. The van der Waals surface area contributed by atoms with E-state index in [-0.39, 0.29) is 0 Å². The number of nitrogens with one attached hydrogen (secondary N) is 1. The van der Waals surface area contributed by atoms with Crippen LogP contribution in [0.3, 0.4) is 0 Å². The molecule has 1 heterocycles. The van der Waals surface area contributed by atoms with Crippen molar-refractivity contribution in [2.45, 2.75) is 0 Å². The third-order valence-corrected chi connectivity index (χ3v) is 1.75. The lowest BCUT2D eigenvalue weighted by atomic mass is 10.3. The lowest BCUT2D eigenvalue weighted by Gasteiger charge is -1.84. The van der Waals surface area contributed by atoms with Gasteiger partial charge < -0.3 is 0 Å². The predicted octanol–water partition coefficient (Wildman–Crippen LogP) is 0.459. The molecule has 0 saturated carbocycles. The highest BCUT2D eigenvalue weighted by Crippen LogP contribution is 1.96. The Labute approximate surface area is 63.6 Å². The fraction of sp³-hybridized carbons (Fsp3) is 0.125. The Morgan fingerprint density at radius 2 is 2.18 bits per heavy atom. The minimum atomic E-state index is 0.558.